The van der Waals surface area contributed by atoms with Gasteiger partial charge >= 0.3 is 0 Å². The zero-order valence-electron chi connectivity index (χ0n) is 19.1. The summed E-state index contributed by atoms with van der Waals surface area (Å²) in [6.45, 7) is 3.10. The lowest BCUT2D eigenvalue weighted by Crippen LogP contribution is -2.38. The molecule has 0 unspecified atom stereocenters. The molecular weight excluding hydrogens is 434 g/mol. The van der Waals surface area contributed by atoms with Gasteiger partial charge in [0.1, 0.15) is 5.56 Å². The van der Waals surface area contributed by atoms with E-state index in [9.17, 15) is 9.59 Å². The number of thioether (sulfide) groups is 1. The second-order valence-corrected chi connectivity index (χ2v) is 10.3. The lowest BCUT2D eigenvalue weighted by Gasteiger charge is -2.26. The number of hydrogen-bond donors (Lipinski definition) is 1. The normalized spacial score (nSPS) is 20.9. The molecule has 0 saturated heterocycles. The Morgan fingerprint density at radius 1 is 1.12 bits per heavy atom. The molecule has 1 aromatic rings. The predicted molar refractivity (Wildman–Crippen MR) is 130 cm³/mol. The number of carbonyl (C=O) groups is 1. The van der Waals surface area contributed by atoms with Crippen molar-refractivity contribution in [1.29, 1.82) is 0 Å². The maximum Gasteiger partial charge on any atom is 0.284 e. The number of para-hydroxylation sites is 1. The van der Waals surface area contributed by atoms with Gasteiger partial charge in [-0.2, -0.15) is 4.68 Å². The molecule has 1 aliphatic carbocycles. The minimum Gasteiger partial charge on any atom is -0.353 e. The van der Waals surface area contributed by atoms with Crippen LogP contribution in [0.3, 0.4) is 0 Å². The van der Waals surface area contributed by atoms with Crippen LogP contribution in [0.2, 0.25) is 0 Å². The molecule has 7 nitrogen and oxygen atoms in total. The van der Waals surface area contributed by atoms with Gasteiger partial charge in [-0.25, -0.2) is 4.98 Å². The van der Waals surface area contributed by atoms with Gasteiger partial charge in [0.05, 0.1) is 11.4 Å². The molecule has 8 heteroatoms. The molecular formula is C25H31N5O2S. The van der Waals surface area contributed by atoms with Crippen LogP contribution in [0, 0.1) is 5.92 Å². The van der Waals surface area contributed by atoms with Gasteiger partial charge in [-0.1, -0.05) is 43.3 Å². The fraction of sp³-hybridized carbons (Fsp3) is 0.520. The molecule has 0 aromatic heterocycles. The molecule has 1 saturated carbocycles. The lowest BCUT2D eigenvalue weighted by molar-refractivity contribution is -0.119. The third-order valence-corrected chi connectivity index (χ3v) is 7.86. The number of aromatic nitrogens is 4. The third kappa shape index (κ3) is 4.71. The summed E-state index contributed by atoms with van der Waals surface area (Å²) in [6.07, 6.45) is 8.53. The highest BCUT2D eigenvalue weighted by Gasteiger charge is 2.27. The van der Waals surface area contributed by atoms with E-state index in [1.807, 2.05) is 30.3 Å². The van der Waals surface area contributed by atoms with Gasteiger partial charge in [-0.15, -0.1) is 5.10 Å². The van der Waals surface area contributed by atoms with E-state index in [1.54, 1.807) is 0 Å². The largest absolute Gasteiger partial charge is 0.353 e. The van der Waals surface area contributed by atoms with Crippen LogP contribution in [0.1, 0.15) is 57.6 Å². The summed E-state index contributed by atoms with van der Waals surface area (Å²) in [7, 11) is 0. The van der Waals surface area contributed by atoms with Gasteiger partial charge in [0.25, 0.3) is 5.56 Å². The quantitative estimate of drug-likeness (QED) is 0.454. The van der Waals surface area contributed by atoms with Crippen molar-refractivity contribution >= 4 is 17.7 Å². The number of rotatable bonds is 5. The Hall–Kier alpha value is -2.61. The Morgan fingerprint density at radius 2 is 1.91 bits per heavy atom. The number of amides is 1. The van der Waals surface area contributed by atoms with E-state index in [-0.39, 0.29) is 11.5 Å². The molecule has 4 aliphatic rings. The number of hydrogen-bond acceptors (Lipinski definition) is 5. The molecule has 1 aromatic carbocycles. The molecule has 1 fully saturated rings. The molecule has 0 bridgehead atoms. The number of fused-ring (bicyclic) bond motifs is 3. The Labute approximate surface area is 198 Å². The van der Waals surface area contributed by atoms with Crippen LogP contribution in [0.15, 0.2) is 40.3 Å². The molecule has 0 spiro atoms. The van der Waals surface area contributed by atoms with E-state index >= 15 is 0 Å². The molecule has 1 amide bonds. The average molecular weight is 466 g/mol. The lowest BCUT2D eigenvalue weighted by atomic mass is 9.87. The fourth-order valence-electron chi connectivity index (χ4n) is 5.01. The van der Waals surface area contributed by atoms with Gasteiger partial charge in [0.15, 0.2) is 11.0 Å². The summed E-state index contributed by atoms with van der Waals surface area (Å²) >= 11 is 1.46. The molecule has 174 valence electrons. The van der Waals surface area contributed by atoms with Crippen LogP contribution in [0.5, 0.6) is 0 Å². The molecule has 33 heavy (non-hydrogen) atoms. The maximum atomic E-state index is 13.3. The van der Waals surface area contributed by atoms with E-state index in [1.165, 1.54) is 29.3 Å². The minimum absolute atomic E-state index is 0.0590. The summed E-state index contributed by atoms with van der Waals surface area (Å²) in [5.74, 6) is 1.62. The summed E-state index contributed by atoms with van der Waals surface area (Å²) in [6, 6.07) is 9.77. The first-order valence-corrected chi connectivity index (χ1v) is 13.1. The van der Waals surface area contributed by atoms with Crippen molar-refractivity contribution in [2.75, 3.05) is 5.75 Å². The van der Waals surface area contributed by atoms with Gasteiger partial charge < -0.3 is 9.88 Å². The number of nitrogens with zero attached hydrogens (tertiary/aromatic N) is 4. The van der Waals surface area contributed by atoms with E-state index in [0.717, 1.165) is 67.5 Å². The van der Waals surface area contributed by atoms with E-state index < -0.39 is 0 Å². The van der Waals surface area contributed by atoms with Crippen molar-refractivity contribution < 1.29 is 4.79 Å². The van der Waals surface area contributed by atoms with Crippen LogP contribution in [-0.4, -0.2) is 37.0 Å². The number of nitrogens with one attached hydrogen (secondary N) is 1. The Balaban J connectivity index is 1.42. The molecule has 3 heterocycles. The summed E-state index contributed by atoms with van der Waals surface area (Å²) in [5, 5.41) is 8.56. The van der Waals surface area contributed by atoms with E-state index in [0.29, 0.717) is 23.2 Å². The van der Waals surface area contributed by atoms with E-state index in [2.05, 4.69) is 21.9 Å². The maximum absolute atomic E-state index is 13.3. The zero-order valence-corrected chi connectivity index (χ0v) is 19.9. The highest BCUT2D eigenvalue weighted by molar-refractivity contribution is 7.99. The Morgan fingerprint density at radius 3 is 2.70 bits per heavy atom. The molecule has 5 rings (SSSR count). The topological polar surface area (TPSA) is 81.8 Å². The standard InChI is InChI=1S/C25H31N5O2S/c1-17-11-13-18(14-12-17)26-21(31)16-33-25-27-23-22(20-10-6-3-7-15-29(20)25)24(32)30(28-23)19-8-4-2-5-9-19/h2,4-5,8-9,17-18H,3,6-7,10-16H2,1H3,(H,26,31). The van der Waals surface area contributed by atoms with Crippen molar-refractivity contribution in [2.45, 2.75) is 76.0 Å². The average Bonchev–Trinajstić information content (AvgIpc) is 2.99. The van der Waals surface area contributed by atoms with Crippen molar-refractivity contribution in [1.82, 2.24) is 24.6 Å². The van der Waals surface area contributed by atoms with E-state index in [4.69, 9.17) is 4.98 Å². The first kappa shape index (κ1) is 22.2. The number of benzene rings is 1. The van der Waals surface area contributed by atoms with Gasteiger partial charge in [-0.3, -0.25) is 9.59 Å². The van der Waals surface area contributed by atoms with Crippen molar-refractivity contribution in [2.24, 2.45) is 5.92 Å². The molecule has 1 N–H and O–H groups in total. The second-order valence-electron chi connectivity index (χ2n) is 9.37. The third-order valence-electron chi connectivity index (χ3n) is 6.88. The molecule has 0 radical (unpaired) electrons. The SMILES string of the molecule is CC1CCC(NC(=O)CSc2nc3nn(-c4ccccc4)c(=O)c-3c3n2CCCCC3)CC1. The summed E-state index contributed by atoms with van der Waals surface area (Å²) < 4.78 is 3.61. The highest BCUT2D eigenvalue weighted by atomic mass is 32.2. The van der Waals surface area contributed by atoms with Crippen LogP contribution in [0.25, 0.3) is 17.1 Å². The summed E-state index contributed by atoms with van der Waals surface area (Å²) in [4.78, 5) is 30.8. The molecule has 3 aliphatic heterocycles. The second kappa shape index (κ2) is 9.71. The smallest absolute Gasteiger partial charge is 0.284 e. The van der Waals surface area contributed by atoms with Crippen LogP contribution < -0.4 is 10.9 Å². The first-order chi connectivity index (χ1) is 16.1. The van der Waals surface area contributed by atoms with Crippen molar-refractivity contribution in [3.05, 3.63) is 46.4 Å². The van der Waals surface area contributed by atoms with Crippen LogP contribution in [0.4, 0.5) is 0 Å². The van der Waals surface area contributed by atoms with Gasteiger partial charge in [0.2, 0.25) is 5.91 Å². The first-order valence-electron chi connectivity index (χ1n) is 12.1. The van der Waals surface area contributed by atoms with Crippen molar-refractivity contribution in [3.8, 4) is 17.1 Å². The van der Waals surface area contributed by atoms with Crippen molar-refractivity contribution in [3.63, 3.8) is 0 Å². The highest BCUT2D eigenvalue weighted by Crippen LogP contribution is 2.30. The van der Waals surface area contributed by atoms with Crippen LogP contribution in [-0.2, 0) is 17.8 Å². The van der Waals surface area contributed by atoms with Gasteiger partial charge in [-0.05, 0) is 63.0 Å². The van der Waals surface area contributed by atoms with Gasteiger partial charge in [0, 0.05) is 18.3 Å². The summed E-state index contributed by atoms with van der Waals surface area (Å²) in [5.41, 5.74) is 2.25. The molecule has 0 atom stereocenters. The Bertz CT molecular complexity index is 1150. The predicted octanol–water partition coefficient (Wildman–Crippen LogP) is 4.05. The minimum atomic E-state index is -0.116. The zero-order chi connectivity index (χ0) is 22.8. The number of carbonyl (C=O) groups excluding carboxylic acids is 1. The fourth-order valence-corrected chi connectivity index (χ4v) is 5.86. The Kier molecular flexibility index (Phi) is 6.53. The monoisotopic (exact) mass is 465 g/mol. The van der Waals surface area contributed by atoms with Crippen LogP contribution >= 0.6 is 11.8 Å².